The molecule has 0 radical (unpaired) electrons. The van der Waals surface area contributed by atoms with Crippen LogP contribution in [-0.2, 0) is 29.2 Å². The van der Waals surface area contributed by atoms with E-state index in [0.717, 1.165) is 4.17 Å². The fourth-order valence-electron chi connectivity index (χ4n) is 1.04. The van der Waals surface area contributed by atoms with E-state index in [2.05, 4.69) is 0 Å². The van der Waals surface area contributed by atoms with Crippen LogP contribution in [0.1, 0.15) is 12.8 Å². The molecule has 1 rings (SSSR count). The van der Waals surface area contributed by atoms with Crippen LogP contribution in [0, 0.1) is 0 Å². The Hall–Kier alpha value is -0.887. The first-order valence-electron chi connectivity index (χ1n) is 3.70. The molecule has 4 heteroatoms. The van der Waals surface area contributed by atoms with Crippen LogP contribution in [0.2, 0.25) is 0 Å². The molecule has 0 N–H and O–H groups in total. The Morgan fingerprint density at radius 3 is 2.08 bits per heavy atom. The number of carbonyl (C=O) groups is 3. The molecule has 0 bridgehead atoms. The van der Waals surface area contributed by atoms with Gasteiger partial charge in [0.25, 0.3) is 0 Å². The summed E-state index contributed by atoms with van der Waals surface area (Å²) < 4.78 is 0.749. The minimum atomic E-state index is -3.39. The fraction of sp³-hybridized carbons (Fsp3) is 0.222. The van der Waals surface area contributed by atoms with Gasteiger partial charge in [-0.15, -0.1) is 0 Å². The van der Waals surface area contributed by atoms with Gasteiger partial charge in [-0.3, -0.25) is 0 Å². The zero-order valence-electron chi connectivity index (χ0n) is 6.96. The summed E-state index contributed by atoms with van der Waals surface area (Å²) in [7, 11) is 0. The Balaban J connectivity index is 2.99. The summed E-state index contributed by atoms with van der Waals surface area (Å²) in [5.41, 5.74) is 0. The predicted octanol–water partition coefficient (Wildman–Crippen LogP) is 0.945. The molecule has 0 aromatic carbocycles. The molecule has 72 valence electrons. The second-order valence-corrected chi connectivity index (χ2v) is 8.04. The number of carbonyl (C=O) groups excluding carboxylic acids is 3. The molecule has 0 amide bonds. The van der Waals surface area contributed by atoms with Crippen LogP contribution in [0.25, 0.3) is 0 Å². The molecule has 0 fully saturated rings. The number of rotatable bonds is 4. The molecule has 0 saturated heterocycles. The summed E-state index contributed by atoms with van der Waals surface area (Å²) in [6, 6.07) is 0. The van der Waals surface area contributed by atoms with Crippen LogP contribution >= 0.6 is 0 Å². The van der Waals surface area contributed by atoms with E-state index in [0.29, 0.717) is 27.5 Å². The normalized spacial score (nSPS) is 17.4. The summed E-state index contributed by atoms with van der Waals surface area (Å²) >= 11 is -3.39. The van der Waals surface area contributed by atoms with E-state index in [1.54, 1.807) is 0 Å². The quantitative estimate of drug-likeness (QED) is 0.433. The molecule has 0 aromatic rings. The van der Waals surface area contributed by atoms with Crippen LogP contribution in [0.3, 0.4) is 0 Å². The summed E-state index contributed by atoms with van der Waals surface area (Å²) in [6.45, 7) is 0. The van der Waals surface area contributed by atoms with Gasteiger partial charge in [-0.2, -0.15) is 0 Å². The molecule has 13 heavy (non-hydrogen) atoms. The van der Waals surface area contributed by atoms with E-state index >= 15 is 0 Å². The second-order valence-electron chi connectivity index (χ2n) is 2.46. The zero-order chi connectivity index (χ0) is 9.73. The fourth-order valence-corrected chi connectivity index (χ4v) is 3.75. The van der Waals surface area contributed by atoms with Gasteiger partial charge in [0.2, 0.25) is 0 Å². The van der Waals surface area contributed by atoms with Crippen molar-refractivity contribution in [1.29, 1.82) is 0 Å². The average molecular weight is 267 g/mol. The van der Waals surface area contributed by atoms with Crippen molar-refractivity contribution in [2.24, 2.45) is 0 Å². The van der Waals surface area contributed by atoms with E-state index in [9.17, 15) is 14.4 Å². The van der Waals surface area contributed by atoms with Crippen molar-refractivity contribution in [2.75, 3.05) is 0 Å². The first-order chi connectivity index (χ1) is 6.29. The predicted molar refractivity (Wildman–Crippen MR) is 46.7 cm³/mol. The first-order valence-corrected chi connectivity index (χ1v) is 7.58. The van der Waals surface area contributed by atoms with Crippen molar-refractivity contribution in [3.8, 4) is 0 Å². The molecule has 0 aromatic heterocycles. The van der Waals surface area contributed by atoms with Gasteiger partial charge in [0.1, 0.15) is 0 Å². The van der Waals surface area contributed by atoms with E-state index in [1.807, 2.05) is 18.2 Å². The van der Waals surface area contributed by atoms with Crippen LogP contribution in [0.15, 0.2) is 22.4 Å². The second kappa shape index (κ2) is 4.38. The number of hydrogen-bond acceptors (Lipinski definition) is 3. The summed E-state index contributed by atoms with van der Waals surface area (Å²) in [6.07, 6.45) is 6.95. The van der Waals surface area contributed by atoms with Gasteiger partial charge in [0.05, 0.1) is 0 Å². The molecule has 0 spiro atoms. The molecular weight excluding hydrogens is 257 g/mol. The Morgan fingerprint density at radius 2 is 1.69 bits per heavy atom. The topological polar surface area (TPSA) is 51.2 Å². The number of allylic oxidation sites excluding steroid dienone is 4. The SMILES string of the molecule is O=[CH][Ru]([CH]=O)([CH]=O)[C]1=CCC=CC1. The van der Waals surface area contributed by atoms with E-state index in [1.165, 1.54) is 0 Å². The Bertz CT molecular complexity index is 269. The van der Waals surface area contributed by atoms with Gasteiger partial charge in [-0.25, -0.2) is 0 Å². The van der Waals surface area contributed by atoms with Gasteiger partial charge in [0.15, 0.2) is 0 Å². The summed E-state index contributed by atoms with van der Waals surface area (Å²) in [5, 5.41) is 0. The van der Waals surface area contributed by atoms with Crippen molar-refractivity contribution in [2.45, 2.75) is 12.8 Å². The Labute approximate surface area is 79.3 Å². The molecule has 0 heterocycles. The van der Waals surface area contributed by atoms with Gasteiger partial charge in [0, 0.05) is 0 Å². The van der Waals surface area contributed by atoms with Crippen molar-refractivity contribution >= 4 is 14.6 Å². The zero-order valence-corrected chi connectivity index (χ0v) is 8.69. The molecule has 0 saturated carbocycles. The maximum absolute atomic E-state index is 10.7. The molecular formula is C9H10O3Ru. The third-order valence-corrected chi connectivity index (χ3v) is 6.43. The average Bonchev–Trinajstić information content (AvgIpc) is 2.23. The van der Waals surface area contributed by atoms with Gasteiger partial charge >= 0.3 is 79.0 Å². The Kier molecular flexibility index (Phi) is 3.43. The van der Waals surface area contributed by atoms with Crippen molar-refractivity contribution in [3.05, 3.63) is 22.4 Å². The van der Waals surface area contributed by atoms with Gasteiger partial charge in [-0.1, -0.05) is 0 Å². The molecule has 1 aliphatic carbocycles. The summed E-state index contributed by atoms with van der Waals surface area (Å²) in [5.74, 6) is 0. The molecule has 1 aliphatic rings. The standard InChI is InChI=1S/C6H7.3CHO.Ru/c1-2-4-6-5-3-1;3*1-2;/h1-2,5H,3-4H2;3*1H;. The van der Waals surface area contributed by atoms with Crippen LogP contribution in [0.4, 0.5) is 0 Å². The number of hydrogen-bond donors (Lipinski definition) is 0. The molecule has 0 unspecified atom stereocenters. The van der Waals surface area contributed by atoms with Crippen LogP contribution in [0.5, 0.6) is 0 Å². The maximum atomic E-state index is 10.7. The van der Waals surface area contributed by atoms with Crippen molar-refractivity contribution in [3.63, 3.8) is 0 Å². The monoisotopic (exact) mass is 268 g/mol. The van der Waals surface area contributed by atoms with Gasteiger partial charge < -0.3 is 0 Å². The summed E-state index contributed by atoms with van der Waals surface area (Å²) in [4.78, 5) is 33.9. The van der Waals surface area contributed by atoms with E-state index in [-0.39, 0.29) is 0 Å². The van der Waals surface area contributed by atoms with Crippen molar-refractivity contribution in [1.82, 2.24) is 0 Å². The molecule has 0 aliphatic heterocycles. The molecule has 3 nitrogen and oxygen atoms in total. The van der Waals surface area contributed by atoms with Gasteiger partial charge in [-0.05, 0) is 0 Å². The third kappa shape index (κ3) is 1.89. The minimum absolute atomic E-state index is 0.571. The van der Waals surface area contributed by atoms with Crippen LogP contribution in [-0.4, -0.2) is 14.6 Å². The molecule has 0 atom stereocenters. The van der Waals surface area contributed by atoms with Crippen LogP contribution < -0.4 is 0 Å². The Morgan fingerprint density at radius 1 is 1.08 bits per heavy atom. The first kappa shape index (κ1) is 10.2. The van der Waals surface area contributed by atoms with Crippen molar-refractivity contribution < 1.29 is 29.2 Å². The third-order valence-electron chi connectivity index (χ3n) is 1.75. The van der Waals surface area contributed by atoms with E-state index < -0.39 is 14.8 Å². The van der Waals surface area contributed by atoms with E-state index in [4.69, 9.17) is 0 Å².